The number of rotatable bonds is 5. The molecule has 2 aromatic rings. The lowest BCUT2D eigenvalue weighted by Crippen LogP contribution is -2.37. The SMILES string of the molecule is O=C(c1ccccc1NCc1noc2c1CCCC2)N1CCC[C@H]1CO. The molecular formula is C20H25N3O3. The smallest absolute Gasteiger partial charge is 0.256 e. The zero-order chi connectivity index (χ0) is 17.9. The van der Waals surface area contributed by atoms with Gasteiger partial charge in [-0.1, -0.05) is 17.3 Å². The van der Waals surface area contributed by atoms with Crippen LogP contribution in [0.25, 0.3) is 0 Å². The number of para-hydroxylation sites is 1. The van der Waals surface area contributed by atoms with Crippen LogP contribution in [0.4, 0.5) is 5.69 Å². The van der Waals surface area contributed by atoms with Gasteiger partial charge in [-0.2, -0.15) is 0 Å². The topological polar surface area (TPSA) is 78.6 Å². The first kappa shape index (κ1) is 17.1. The van der Waals surface area contributed by atoms with E-state index in [1.165, 1.54) is 12.0 Å². The fourth-order valence-electron chi connectivity index (χ4n) is 4.04. The molecule has 1 aliphatic heterocycles. The van der Waals surface area contributed by atoms with Crippen molar-refractivity contribution in [3.05, 3.63) is 46.8 Å². The molecule has 6 nitrogen and oxygen atoms in total. The molecule has 2 N–H and O–H groups in total. The molecule has 1 aromatic heterocycles. The number of nitrogens with zero attached hydrogens (tertiary/aromatic N) is 2. The van der Waals surface area contributed by atoms with E-state index in [0.29, 0.717) is 18.7 Å². The Balaban J connectivity index is 1.51. The van der Waals surface area contributed by atoms with Crippen molar-refractivity contribution in [1.82, 2.24) is 10.1 Å². The van der Waals surface area contributed by atoms with Crippen molar-refractivity contribution in [2.24, 2.45) is 0 Å². The molecule has 1 amide bonds. The number of benzene rings is 1. The van der Waals surface area contributed by atoms with Crippen LogP contribution in [-0.2, 0) is 19.4 Å². The molecule has 2 heterocycles. The van der Waals surface area contributed by atoms with Crippen molar-refractivity contribution in [2.75, 3.05) is 18.5 Å². The molecule has 138 valence electrons. The van der Waals surface area contributed by atoms with Gasteiger partial charge in [-0.25, -0.2) is 0 Å². The Kier molecular flexibility index (Phi) is 4.93. The Hall–Kier alpha value is -2.34. The van der Waals surface area contributed by atoms with E-state index in [4.69, 9.17) is 4.52 Å². The highest BCUT2D eigenvalue weighted by atomic mass is 16.5. The van der Waals surface area contributed by atoms with Crippen molar-refractivity contribution in [2.45, 2.75) is 51.1 Å². The summed E-state index contributed by atoms with van der Waals surface area (Å²) >= 11 is 0. The minimum atomic E-state index is -0.0712. The molecule has 26 heavy (non-hydrogen) atoms. The van der Waals surface area contributed by atoms with Crippen molar-refractivity contribution < 1.29 is 14.4 Å². The third kappa shape index (κ3) is 3.21. The highest BCUT2D eigenvalue weighted by molar-refractivity contribution is 5.99. The molecule has 4 rings (SSSR count). The monoisotopic (exact) mass is 355 g/mol. The molecular weight excluding hydrogens is 330 g/mol. The molecule has 0 bridgehead atoms. The summed E-state index contributed by atoms with van der Waals surface area (Å²) in [7, 11) is 0. The van der Waals surface area contributed by atoms with E-state index < -0.39 is 0 Å². The van der Waals surface area contributed by atoms with Crippen LogP contribution < -0.4 is 5.32 Å². The fraction of sp³-hybridized carbons (Fsp3) is 0.500. The summed E-state index contributed by atoms with van der Waals surface area (Å²) in [5.41, 5.74) is 3.61. The average Bonchev–Trinajstić information content (AvgIpc) is 3.33. The van der Waals surface area contributed by atoms with Gasteiger partial charge in [0.2, 0.25) is 0 Å². The molecule has 0 spiro atoms. The van der Waals surface area contributed by atoms with E-state index in [0.717, 1.165) is 49.2 Å². The normalized spacial score (nSPS) is 19.4. The summed E-state index contributed by atoms with van der Waals surface area (Å²) in [6.45, 7) is 1.27. The third-order valence-electron chi connectivity index (χ3n) is 5.48. The van der Waals surface area contributed by atoms with Gasteiger partial charge in [-0.3, -0.25) is 4.79 Å². The van der Waals surface area contributed by atoms with Gasteiger partial charge in [-0.05, 0) is 44.2 Å². The quantitative estimate of drug-likeness (QED) is 0.862. The van der Waals surface area contributed by atoms with Crippen LogP contribution in [0.2, 0.25) is 0 Å². The Bertz CT molecular complexity index is 786. The van der Waals surface area contributed by atoms with Gasteiger partial charge in [0.05, 0.1) is 24.8 Å². The number of carbonyl (C=O) groups is 1. The maximum Gasteiger partial charge on any atom is 0.256 e. The van der Waals surface area contributed by atoms with Gasteiger partial charge in [0, 0.05) is 24.2 Å². The number of carbonyl (C=O) groups excluding carboxylic acids is 1. The molecule has 0 radical (unpaired) electrons. The Labute approximate surface area is 153 Å². The number of aliphatic hydroxyl groups excluding tert-OH is 1. The Morgan fingerprint density at radius 1 is 1.27 bits per heavy atom. The first-order valence-electron chi connectivity index (χ1n) is 9.49. The van der Waals surface area contributed by atoms with Crippen LogP contribution in [0, 0.1) is 0 Å². The number of aliphatic hydroxyl groups is 1. The molecule has 6 heteroatoms. The minimum Gasteiger partial charge on any atom is -0.394 e. The maximum absolute atomic E-state index is 13.0. The molecule has 1 atom stereocenters. The van der Waals surface area contributed by atoms with E-state index in [-0.39, 0.29) is 18.6 Å². The van der Waals surface area contributed by atoms with E-state index in [1.54, 1.807) is 4.90 Å². The summed E-state index contributed by atoms with van der Waals surface area (Å²) < 4.78 is 5.47. The lowest BCUT2D eigenvalue weighted by Gasteiger charge is -2.24. The van der Waals surface area contributed by atoms with Crippen molar-refractivity contribution in [3.8, 4) is 0 Å². The summed E-state index contributed by atoms with van der Waals surface area (Å²) in [5, 5.41) is 17.1. The summed E-state index contributed by atoms with van der Waals surface area (Å²) in [4.78, 5) is 14.8. The lowest BCUT2D eigenvalue weighted by atomic mass is 9.96. The van der Waals surface area contributed by atoms with E-state index in [1.807, 2.05) is 24.3 Å². The first-order chi connectivity index (χ1) is 12.8. The molecule has 1 aromatic carbocycles. The maximum atomic E-state index is 13.0. The van der Waals surface area contributed by atoms with Crippen molar-refractivity contribution in [1.29, 1.82) is 0 Å². The first-order valence-corrected chi connectivity index (χ1v) is 9.49. The Morgan fingerprint density at radius 3 is 3.00 bits per heavy atom. The molecule has 1 saturated heterocycles. The highest BCUT2D eigenvalue weighted by Gasteiger charge is 2.30. The second-order valence-corrected chi connectivity index (χ2v) is 7.11. The van der Waals surface area contributed by atoms with Gasteiger partial charge in [-0.15, -0.1) is 0 Å². The predicted octanol–water partition coefficient (Wildman–Crippen LogP) is 2.76. The minimum absolute atomic E-state index is 0.0202. The van der Waals surface area contributed by atoms with E-state index >= 15 is 0 Å². The Morgan fingerprint density at radius 2 is 2.12 bits per heavy atom. The number of hydrogen-bond donors (Lipinski definition) is 2. The van der Waals surface area contributed by atoms with Crippen LogP contribution in [0.3, 0.4) is 0 Å². The second-order valence-electron chi connectivity index (χ2n) is 7.11. The van der Waals surface area contributed by atoms with Gasteiger partial charge in [0.1, 0.15) is 11.5 Å². The van der Waals surface area contributed by atoms with Gasteiger partial charge >= 0.3 is 0 Å². The average molecular weight is 355 g/mol. The van der Waals surface area contributed by atoms with Crippen LogP contribution in [-0.4, -0.2) is 40.3 Å². The summed E-state index contributed by atoms with van der Waals surface area (Å²) in [6, 6.07) is 7.49. The number of anilines is 1. The van der Waals surface area contributed by atoms with Crippen LogP contribution in [0.5, 0.6) is 0 Å². The van der Waals surface area contributed by atoms with E-state index in [2.05, 4.69) is 10.5 Å². The summed E-state index contributed by atoms with van der Waals surface area (Å²) in [5.74, 6) is 0.993. The number of aryl methyl sites for hydroxylation is 1. The van der Waals surface area contributed by atoms with Crippen LogP contribution >= 0.6 is 0 Å². The molecule has 1 fully saturated rings. The van der Waals surface area contributed by atoms with Crippen molar-refractivity contribution >= 4 is 11.6 Å². The largest absolute Gasteiger partial charge is 0.394 e. The van der Waals surface area contributed by atoms with Gasteiger partial charge in [0.25, 0.3) is 5.91 Å². The van der Waals surface area contributed by atoms with Crippen LogP contribution in [0.15, 0.2) is 28.8 Å². The number of likely N-dealkylation sites (tertiary alicyclic amines) is 1. The number of nitrogens with one attached hydrogen (secondary N) is 1. The van der Waals surface area contributed by atoms with Gasteiger partial charge < -0.3 is 19.8 Å². The fourth-order valence-corrected chi connectivity index (χ4v) is 4.04. The molecule has 0 saturated carbocycles. The molecule has 0 unspecified atom stereocenters. The third-order valence-corrected chi connectivity index (χ3v) is 5.48. The lowest BCUT2D eigenvalue weighted by molar-refractivity contribution is 0.0678. The standard InChI is InChI=1S/C20H25N3O3/c24-13-14-6-5-11-23(14)20(25)16-8-1-3-9-17(16)21-12-18-15-7-2-4-10-19(15)26-22-18/h1,3,8-9,14,21,24H,2,4-7,10-13H2/t14-/m0/s1. The zero-order valence-electron chi connectivity index (χ0n) is 14.9. The number of hydrogen-bond acceptors (Lipinski definition) is 5. The number of amides is 1. The van der Waals surface area contributed by atoms with Crippen LogP contribution in [0.1, 0.15) is 53.1 Å². The molecule has 2 aliphatic rings. The van der Waals surface area contributed by atoms with E-state index in [9.17, 15) is 9.90 Å². The van der Waals surface area contributed by atoms with Crippen molar-refractivity contribution in [3.63, 3.8) is 0 Å². The number of aromatic nitrogens is 1. The zero-order valence-corrected chi connectivity index (χ0v) is 14.9. The second kappa shape index (κ2) is 7.50. The predicted molar refractivity (Wildman–Crippen MR) is 98.1 cm³/mol. The highest BCUT2D eigenvalue weighted by Crippen LogP contribution is 2.27. The summed E-state index contributed by atoms with van der Waals surface area (Å²) in [6.07, 6.45) is 6.12. The molecule has 1 aliphatic carbocycles. The number of fused-ring (bicyclic) bond motifs is 1. The van der Waals surface area contributed by atoms with Gasteiger partial charge in [0.15, 0.2) is 0 Å².